The van der Waals surface area contributed by atoms with E-state index in [0.29, 0.717) is 31.3 Å². The van der Waals surface area contributed by atoms with Crippen molar-refractivity contribution in [1.29, 1.82) is 0 Å². The minimum atomic E-state index is -4.60. The van der Waals surface area contributed by atoms with Crippen LogP contribution >= 0.6 is 0 Å². The number of anilines is 1. The number of nitrogens with one attached hydrogen (secondary N) is 3. The highest BCUT2D eigenvalue weighted by Gasteiger charge is 2.43. The molecular weight excluding hydrogens is 439 g/mol. The monoisotopic (exact) mass is 458 g/mol. The first-order valence-electron chi connectivity index (χ1n) is 9.77. The molecule has 0 aliphatic carbocycles. The van der Waals surface area contributed by atoms with Crippen LogP contribution in [0.25, 0.3) is 0 Å². The molecule has 3 N–H and O–H groups in total. The van der Waals surface area contributed by atoms with Gasteiger partial charge in [0.25, 0.3) is 0 Å². The van der Waals surface area contributed by atoms with Crippen molar-refractivity contribution < 1.29 is 31.5 Å². The predicted molar refractivity (Wildman–Crippen MR) is 102 cm³/mol. The van der Waals surface area contributed by atoms with Gasteiger partial charge in [-0.1, -0.05) is 6.08 Å². The number of carbonyl (C=O) groups is 2. The Balaban J connectivity index is 1.55. The number of amides is 3. The van der Waals surface area contributed by atoms with Crippen molar-refractivity contribution >= 4 is 17.8 Å². The van der Waals surface area contributed by atoms with Crippen molar-refractivity contribution in [2.24, 2.45) is 0 Å². The number of hydrogen-bond donors (Lipinski definition) is 3. The van der Waals surface area contributed by atoms with Crippen LogP contribution in [0.4, 0.5) is 32.6 Å². The third-order valence-electron chi connectivity index (χ3n) is 5.48. The van der Waals surface area contributed by atoms with Gasteiger partial charge in [-0.3, -0.25) is 15.0 Å². The zero-order valence-corrected chi connectivity index (χ0v) is 16.7. The molecule has 8 nitrogen and oxygen atoms in total. The van der Waals surface area contributed by atoms with Crippen LogP contribution in [0.5, 0.6) is 0 Å². The molecule has 1 aromatic heterocycles. The Hall–Kier alpha value is -3.38. The Labute approximate surface area is 179 Å². The number of carbonyl (C=O) groups excluding carboxylic acids is 2. The minimum Gasteiger partial charge on any atom is -0.366 e. The van der Waals surface area contributed by atoms with Gasteiger partial charge in [-0.15, -0.1) is 0 Å². The van der Waals surface area contributed by atoms with Gasteiger partial charge in [0, 0.05) is 19.2 Å². The molecule has 172 valence electrons. The maximum atomic E-state index is 14.0. The van der Waals surface area contributed by atoms with Crippen LogP contribution in [0.1, 0.15) is 13.3 Å². The van der Waals surface area contributed by atoms with Crippen LogP contribution in [0, 0.1) is 11.6 Å². The maximum Gasteiger partial charge on any atom is 0.408 e. The zero-order valence-electron chi connectivity index (χ0n) is 16.7. The molecule has 3 amide bonds. The van der Waals surface area contributed by atoms with Crippen LogP contribution < -0.4 is 16.0 Å². The Bertz CT molecular complexity index is 1010. The molecule has 1 fully saturated rings. The Morgan fingerprint density at radius 1 is 1.31 bits per heavy atom. The van der Waals surface area contributed by atoms with Gasteiger partial charge in [0.05, 0.1) is 17.9 Å². The second-order valence-corrected chi connectivity index (χ2v) is 7.66. The van der Waals surface area contributed by atoms with Gasteiger partial charge in [0.2, 0.25) is 5.91 Å². The molecule has 1 aromatic rings. The van der Waals surface area contributed by atoms with Crippen LogP contribution in [0.3, 0.4) is 0 Å². The summed E-state index contributed by atoms with van der Waals surface area (Å²) in [5.74, 6) is -3.15. The number of halogens is 5. The lowest BCUT2D eigenvalue weighted by molar-refractivity contribution is -0.158. The van der Waals surface area contributed by atoms with Crippen LogP contribution in [-0.2, 0) is 4.79 Å². The highest BCUT2D eigenvalue weighted by atomic mass is 19.4. The number of rotatable bonds is 3. The number of urea groups is 1. The fourth-order valence-corrected chi connectivity index (χ4v) is 3.81. The van der Waals surface area contributed by atoms with E-state index in [1.807, 2.05) is 10.2 Å². The highest BCUT2D eigenvalue weighted by Crippen LogP contribution is 2.33. The van der Waals surface area contributed by atoms with E-state index >= 15 is 0 Å². The molecule has 1 saturated heterocycles. The Morgan fingerprint density at radius 2 is 2.06 bits per heavy atom. The summed E-state index contributed by atoms with van der Waals surface area (Å²) in [6, 6.07) is -3.74. The minimum absolute atomic E-state index is 0.209. The smallest absolute Gasteiger partial charge is 0.366 e. The summed E-state index contributed by atoms with van der Waals surface area (Å²) in [5, 5.41) is 7.00. The predicted octanol–water partition coefficient (Wildman–Crippen LogP) is 2.05. The normalized spacial score (nSPS) is 22.9. The van der Waals surface area contributed by atoms with Gasteiger partial charge in [-0.05, 0) is 19.4 Å². The molecule has 3 atom stereocenters. The number of aromatic nitrogens is 1. The molecule has 3 aliphatic heterocycles. The van der Waals surface area contributed by atoms with Gasteiger partial charge in [-0.25, -0.2) is 18.6 Å². The van der Waals surface area contributed by atoms with Crippen molar-refractivity contribution in [3.8, 4) is 0 Å². The third-order valence-corrected chi connectivity index (χ3v) is 5.48. The molecule has 0 radical (unpaired) electrons. The quantitative estimate of drug-likeness (QED) is 0.604. The summed E-state index contributed by atoms with van der Waals surface area (Å²) >= 11 is 0. The largest absolute Gasteiger partial charge is 0.408 e. The fraction of sp³-hybridized carbons (Fsp3) is 0.421. The number of dihydropyridines is 1. The van der Waals surface area contributed by atoms with E-state index in [9.17, 15) is 31.5 Å². The molecular formula is C19H19F5N6O2. The molecule has 32 heavy (non-hydrogen) atoms. The van der Waals surface area contributed by atoms with Gasteiger partial charge >= 0.3 is 12.2 Å². The molecule has 0 spiro atoms. The molecule has 4 rings (SSSR count). The second-order valence-electron chi connectivity index (χ2n) is 7.66. The van der Waals surface area contributed by atoms with E-state index in [4.69, 9.17) is 0 Å². The average molecular weight is 458 g/mol. The van der Waals surface area contributed by atoms with Crippen LogP contribution in [0.15, 0.2) is 35.9 Å². The summed E-state index contributed by atoms with van der Waals surface area (Å²) in [5.41, 5.74) is 0.578. The Kier molecular flexibility index (Phi) is 5.42. The lowest BCUT2D eigenvalue weighted by Crippen LogP contribution is -2.57. The standard InChI is InChI=1S/C19H19F5N6O2/c1-9(19(22,23)24)26-17(31)13-2-3-14-16(27-13)30(11-4-5-29(14)8-11)18(32)28-15-12(21)6-10(20)7-25-15/h2-3,6-7,9,11,13,27H,4-5,8H2,1H3,(H,26,31)(H,25,28,32)/t9-,11+,13?/m1/s1. The lowest BCUT2D eigenvalue weighted by atomic mass is 10.1. The Morgan fingerprint density at radius 3 is 2.75 bits per heavy atom. The summed E-state index contributed by atoms with van der Waals surface area (Å²) < 4.78 is 65.5. The first-order chi connectivity index (χ1) is 15.0. The molecule has 1 unspecified atom stereocenters. The maximum absolute atomic E-state index is 14.0. The van der Waals surface area contributed by atoms with E-state index in [2.05, 4.69) is 15.6 Å². The van der Waals surface area contributed by atoms with Crippen molar-refractivity contribution in [3.63, 3.8) is 0 Å². The van der Waals surface area contributed by atoms with E-state index in [-0.39, 0.29) is 11.9 Å². The van der Waals surface area contributed by atoms with Crippen molar-refractivity contribution in [2.75, 3.05) is 18.4 Å². The van der Waals surface area contributed by atoms with Gasteiger partial charge in [0.15, 0.2) is 11.6 Å². The molecule has 0 saturated carbocycles. The summed E-state index contributed by atoms with van der Waals surface area (Å²) in [6.07, 6.45) is -0.301. The number of allylic oxidation sites excluding steroid dienone is 1. The van der Waals surface area contributed by atoms with Crippen molar-refractivity contribution in [2.45, 2.75) is 37.6 Å². The summed E-state index contributed by atoms with van der Waals surface area (Å²) in [4.78, 5) is 32.2. The van der Waals surface area contributed by atoms with E-state index in [0.717, 1.165) is 13.1 Å². The summed E-state index contributed by atoms with van der Waals surface area (Å²) in [7, 11) is 0. The highest BCUT2D eigenvalue weighted by molar-refractivity contribution is 5.91. The van der Waals surface area contributed by atoms with Crippen molar-refractivity contribution in [3.05, 3.63) is 47.6 Å². The first-order valence-corrected chi connectivity index (χ1v) is 9.77. The molecule has 0 aromatic carbocycles. The van der Waals surface area contributed by atoms with Crippen LogP contribution in [-0.4, -0.2) is 64.1 Å². The topological polar surface area (TPSA) is 89.6 Å². The van der Waals surface area contributed by atoms with Gasteiger partial charge in [0.1, 0.15) is 23.7 Å². The molecule has 3 aliphatic rings. The third kappa shape index (κ3) is 4.06. The number of nitrogens with zero attached hydrogens (tertiary/aromatic N) is 3. The van der Waals surface area contributed by atoms with E-state index < -0.39 is 47.7 Å². The molecule has 13 heteroatoms. The first kappa shape index (κ1) is 21.8. The SMILES string of the molecule is C[C@@H](NC(=O)C1C=CC2=C(N1)N(C(=O)Nc1ncc(F)cc1F)[C@H]1CCN2C1)C(F)(F)F. The lowest BCUT2D eigenvalue weighted by Gasteiger charge is -2.41. The summed E-state index contributed by atoms with van der Waals surface area (Å²) in [6.45, 7) is 1.93. The van der Waals surface area contributed by atoms with E-state index in [1.165, 1.54) is 11.0 Å². The van der Waals surface area contributed by atoms with E-state index in [1.54, 1.807) is 6.08 Å². The molecule has 4 heterocycles. The number of alkyl halides is 3. The number of hydrogen-bond acceptors (Lipinski definition) is 5. The second kappa shape index (κ2) is 7.95. The fourth-order valence-electron chi connectivity index (χ4n) is 3.81. The van der Waals surface area contributed by atoms with Gasteiger partial charge < -0.3 is 15.5 Å². The number of pyridine rings is 1. The van der Waals surface area contributed by atoms with Gasteiger partial charge in [-0.2, -0.15) is 13.2 Å². The number of fused-ring (bicyclic) bond motifs is 3. The zero-order chi connectivity index (χ0) is 23.2. The van der Waals surface area contributed by atoms with Crippen LogP contribution in [0.2, 0.25) is 0 Å². The average Bonchev–Trinajstić information content (AvgIpc) is 3.13. The van der Waals surface area contributed by atoms with Crippen molar-refractivity contribution in [1.82, 2.24) is 25.4 Å². The molecule has 2 bridgehead atoms.